The molecule has 1 heterocycles. The van der Waals surface area contributed by atoms with E-state index in [-0.39, 0.29) is 12.5 Å². The number of carbonyl (C=O) groups is 1. The predicted molar refractivity (Wildman–Crippen MR) is 72.2 cm³/mol. The number of hydrogen-bond donors (Lipinski definition) is 1. The summed E-state index contributed by atoms with van der Waals surface area (Å²) in [6.07, 6.45) is 0.400. The largest absolute Gasteiger partial charge is 0.480 e. The van der Waals surface area contributed by atoms with Crippen LogP contribution >= 0.6 is 0 Å². The second-order valence-electron chi connectivity index (χ2n) is 4.89. The summed E-state index contributed by atoms with van der Waals surface area (Å²) in [6, 6.07) is 3.74. The number of rotatable bonds is 4. The maximum Gasteiger partial charge on any atom is 0.322 e. The first-order valence-electron chi connectivity index (χ1n) is 6.25. The molecule has 21 heavy (non-hydrogen) atoms. The van der Waals surface area contributed by atoms with Gasteiger partial charge in [-0.1, -0.05) is 19.1 Å². The Morgan fingerprint density at radius 3 is 2.62 bits per heavy atom. The Balaban J connectivity index is 2.53. The van der Waals surface area contributed by atoms with Crippen LogP contribution in [0.1, 0.15) is 13.3 Å². The highest BCUT2D eigenvalue weighted by Gasteiger charge is 2.45. The number of nitrogens with zero attached hydrogens (tertiary/aromatic N) is 2. The Hall–Kier alpha value is -2.00. The van der Waals surface area contributed by atoms with Gasteiger partial charge in [-0.2, -0.15) is 4.31 Å². The van der Waals surface area contributed by atoms with Gasteiger partial charge in [0, 0.05) is 12.6 Å². The van der Waals surface area contributed by atoms with E-state index < -0.39 is 37.5 Å². The number of para-hydroxylation sites is 1. The van der Waals surface area contributed by atoms with Crippen LogP contribution in [0, 0.1) is 16.0 Å². The molecule has 1 aliphatic heterocycles. The number of carboxylic acid groups (broad SMARTS) is 1. The molecule has 1 N–H and O–H groups in total. The van der Waals surface area contributed by atoms with Gasteiger partial charge in [0.25, 0.3) is 15.7 Å². The maximum absolute atomic E-state index is 12.6. The maximum atomic E-state index is 12.6. The lowest BCUT2D eigenvalue weighted by molar-refractivity contribution is -0.387. The van der Waals surface area contributed by atoms with Crippen LogP contribution in [-0.2, 0) is 14.8 Å². The summed E-state index contributed by atoms with van der Waals surface area (Å²) in [6.45, 7) is 1.68. The average molecular weight is 314 g/mol. The molecule has 0 radical (unpaired) electrons. The molecule has 114 valence electrons. The lowest BCUT2D eigenvalue weighted by atomic mass is 10.0. The average Bonchev–Trinajstić information content (AvgIpc) is 2.81. The normalized spacial score (nSPS) is 23.1. The molecule has 1 aromatic carbocycles. The first-order chi connectivity index (χ1) is 9.76. The van der Waals surface area contributed by atoms with Gasteiger partial charge in [-0.05, 0) is 18.4 Å². The fourth-order valence-electron chi connectivity index (χ4n) is 2.50. The fraction of sp³-hybridized carbons (Fsp3) is 0.417. The fourth-order valence-corrected chi connectivity index (χ4v) is 4.35. The van der Waals surface area contributed by atoms with E-state index in [4.69, 9.17) is 0 Å². The molecule has 0 aromatic heterocycles. The van der Waals surface area contributed by atoms with Crippen molar-refractivity contribution < 1.29 is 23.2 Å². The highest BCUT2D eigenvalue weighted by molar-refractivity contribution is 7.89. The first kappa shape index (κ1) is 15.4. The molecule has 8 nitrogen and oxygen atoms in total. The van der Waals surface area contributed by atoms with Crippen molar-refractivity contribution >= 4 is 21.7 Å². The summed E-state index contributed by atoms with van der Waals surface area (Å²) in [7, 11) is -4.23. The van der Waals surface area contributed by atoms with Crippen LogP contribution in [0.3, 0.4) is 0 Å². The van der Waals surface area contributed by atoms with Gasteiger partial charge in [-0.3, -0.25) is 14.9 Å². The van der Waals surface area contributed by atoms with Crippen LogP contribution in [0.15, 0.2) is 29.2 Å². The minimum Gasteiger partial charge on any atom is -0.480 e. The standard InChI is InChI=1S/C12H14N2O6S/c1-8-6-7-13(11(8)12(15)16)21(19,20)10-5-3-2-4-9(10)14(17)18/h2-5,8,11H,6-7H2,1H3,(H,15,16). The van der Waals surface area contributed by atoms with Crippen LogP contribution in [0.5, 0.6) is 0 Å². The number of hydrogen-bond acceptors (Lipinski definition) is 5. The molecule has 9 heteroatoms. The van der Waals surface area contributed by atoms with Crippen molar-refractivity contribution in [3.8, 4) is 0 Å². The second kappa shape index (κ2) is 5.41. The Morgan fingerprint density at radius 2 is 2.05 bits per heavy atom. The predicted octanol–water partition coefficient (Wildman–Crippen LogP) is 1.08. The highest BCUT2D eigenvalue weighted by Crippen LogP contribution is 2.33. The highest BCUT2D eigenvalue weighted by atomic mass is 32.2. The molecule has 1 aromatic rings. The molecule has 1 fully saturated rings. The number of sulfonamides is 1. The Labute approximate surface area is 121 Å². The lowest BCUT2D eigenvalue weighted by Crippen LogP contribution is -2.42. The van der Waals surface area contributed by atoms with Crippen molar-refractivity contribution in [1.82, 2.24) is 4.31 Å². The molecule has 2 rings (SSSR count). The van der Waals surface area contributed by atoms with Gasteiger partial charge in [-0.25, -0.2) is 8.42 Å². The van der Waals surface area contributed by atoms with Crippen molar-refractivity contribution in [1.29, 1.82) is 0 Å². The minimum atomic E-state index is -4.23. The summed E-state index contributed by atoms with van der Waals surface area (Å²) in [5, 5.41) is 20.2. The van der Waals surface area contributed by atoms with Crippen LogP contribution in [0.2, 0.25) is 0 Å². The number of aliphatic carboxylic acids is 1. The number of carboxylic acids is 1. The quantitative estimate of drug-likeness (QED) is 0.656. The van der Waals surface area contributed by atoms with Gasteiger partial charge in [0.05, 0.1) is 4.92 Å². The molecule has 0 bridgehead atoms. The monoisotopic (exact) mass is 314 g/mol. The van der Waals surface area contributed by atoms with Gasteiger partial charge >= 0.3 is 5.97 Å². The van der Waals surface area contributed by atoms with Crippen molar-refractivity contribution in [3.05, 3.63) is 34.4 Å². The molecule has 1 aliphatic rings. The van der Waals surface area contributed by atoms with E-state index >= 15 is 0 Å². The molecule has 0 amide bonds. The van der Waals surface area contributed by atoms with Gasteiger partial charge in [0.2, 0.25) is 0 Å². The van der Waals surface area contributed by atoms with Crippen LogP contribution in [0.4, 0.5) is 5.69 Å². The molecule has 1 saturated heterocycles. The van der Waals surface area contributed by atoms with Gasteiger partial charge in [0.1, 0.15) is 6.04 Å². The third-order valence-electron chi connectivity index (χ3n) is 3.56. The summed E-state index contributed by atoms with van der Waals surface area (Å²) in [5.41, 5.74) is -0.554. The Bertz CT molecular complexity index is 687. The molecular formula is C12H14N2O6S. The topological polar surface area (TPSA) is 118 Å². The van der Waals surface area contributed by atoms with Gasteiger partial charge in [-0.15, -0.1) is 0 Å². The smallest absolute Gasteiger partial charge is 0.322 e. The van der Waals surface area contributed by atoms with E-state index in [9.17, 15) is 28.4 Å². The number of benzene rings is 1. The van der Waals surface area contributed by atoms with E-state index in [1.54, 1.807) is 6.92 Å². The third kappa shape index (κ3) is 2.61. The lowest BCUT2D eigenvalue weighted by Gasteiger charge is -2.22. The molecular weight excluding hydrogens is 300 g/mol. The molecule has 0 aliphatic carbocycles. The van der Waals surface area contributed by atoms with Crippen molar-refractivity contribution in [3.63, 3.8) is 0 Å². The number of nitro benzene ring substituents is 1. The zero-order valence-electron chi connectivity index (χ0n) is 11.2. The number of nitro groups is 1. The molecule has 2 unspecified atom stereocenters. The third-order valence-corrected chi connectivity index (χ3v) is 5.48. The zero-order chi connectivity index (χ0) is 15.8. The molecule has 0 saturated carbocycles. The van der Waals surface area contributed by atoms with E-state index in [0.717, 1.165) is 16.4 Å². The van der Waals surface area contributed by atoms with E-state index in [1.165, 1.54) is 12.1 Å². The van der Waals surface area contributed by atoms with Gasteiger partial charge in [0.15, 0.2) is 4.90 Å². The Kier molecular flexibility index (Phi) is 3.97. The van der Waals surface area contributed by atoms with E-state index in [0.29, 0.717) is 6.42 Å². The first-order valence-corrected chi connectivity index (χ1v) is 7.69. The second-order valence-corrected chi connectivity index (χ2v) is 6.75. The summed E-state index contributed by atoms with van der Waals surface area (Å²) in [4.78, 5) is 21.0. The Morgan fingerprint density at radius 1 is 1.43 bits per heavy atom. The van der Waals surface area contributed by atoms with Crippen molar-refractivity contribution in [2.45, 2.75) is 24.3 Å². The van der Waals surface area contributed by atoms with E-state index in [2.05, 4.69) is 0 Å². The SMILES string of the molecule is CC1CCN(S(=O)(=O)c2ccccc2[N+](=O)[O-])C1C(=O)O. The summed E-state index contributed by atoms with van der Waals surface area (Å²) >= 11 is 0. The van der Waals surface area contributed by atoms with Crippen molar-refractivity contribution in [2.24, 2.45) is 5.92 Å². The minimum absolute atomic E-state index is 0.0342. The van der Waals surface area contributed by atoms with Crippen LogP contribution in [-0.4, -0.2) is 41.3 Å². The van der Waals surface area contributed by atoms with Crippen LogP contribution in [0.25, 0.3) is 0 Å². The summed E-state index contributed by atoms with van der Waals surface area (Å²) < 4.78 is 26.0. The van der Waals surface area contributed by atoms with E-state index in [1.807, 2.05) is 0 Å². The summed E-state index contributed by atoms with van der Waals surface area (Å²) in [5.74, 6) is -1.60. The molecule has 0 spiro atoms. The van der Waals surface area contributed by atoms with Crippen molar-refractivity contribution in [2.75, 3.05) is 6.54 Å². The van der Waals surface area contributed by atoms with Gasteiger partial charge < -0.3 is 5.11 Å². The molecule has 2 atom stereocenters. The zero-order valence-corrected chi connectivity index (χ0v) is 12.0. The van der Waals surface area contributed by atoms with Crippen LogP contribution < -0.4 is 0 Å².